The minimum absolute atomic E-state index is 0.179. The van der Waals surface area contributed by atoms with Crippen LogP contribution in [-0.2, 0) is 16.3 Å². The van der Waals surface area contributed by atoms with Crippen LogP contribution >= 0.6 is 0 Å². The van der Waals surface area contributed by atoms with E-state index in [4.69, 9.17) is 9.47 Å². The zero-order valence-corrected chi connectivity index (χ0v) is 16.1. The summed E-state index contributed by atoms with van der Waals surface area (Å²) < 4.78 is 34.6. The fourth-order valence-electron chi connectivity index (χ4n) is 3.19. The number of ether oxygens (including phenoxy) is 2. The van der Waals surface area contributed by atoms with Gasteiger partial charge in [0.2, 0.25) is 5.78 Å². The molecule has 6 heteroatoms. The van der Waals surface area contributed by atoms with Crippen LogP contribution in [0.4, 0.5) is 0 Å². The van der Waals surface area contributed by atoms with Crippen LogP contribution in [-0.4, -0.2) is 34.2 Å². The Morgan fingerprint density at radius 3 is 2.38 bits per heavy atom. The molecule has 0 atom stereocenters. The van der Waals surface area contributed by atoms with Crippen molar-refractivity contribution in [3.8, 4) is 11.5 Å². The van der Waals surface area contributed by atoms with Crippen molar-refractivity contribution in [3.05, 3.63) is 52.6 Å². The molecule has 0 saturated carbocycles. The molecule has 2 aromatic carbocycles. The predicted molar refractivity (Wildman–Crippen MR) is 99.3 cm³/mol. The Labute approximate surface area is 153 Å². The summed E-state index contributed by atoms with van der Waals surface area (Å²) in [5.74, 6) is 1.05. The molecule has 5 nitrogen and oxygen atoms in total. The van der Waals surface area contributed by atoms with Crippen LogP contribution < -0.4 is 9.47 Å². The van der Waals surface area contributed by atoms with Gasteiger partial charge in [-0.3, -0.25) is 4.79 Å². The average Bonchev–Trinajstić information content (AvgIpc) is 3.06. The van der Waals surface area contributed by atoms with E-state index >= 15 is 0 Å². The number of hydrogen-bond donors (Lipinski definition) is 0. The van der Waals surface area contributed by atoms with Crippen LogP contribution in [0, 0.1) is 0 Å². The number of fused-ring (bicyclic) bond motifs is 1. The normalized spacial score (nSPS) is 13.4. The van der Waals surface area contributed by atoms with Crippen LogP contribution in [0.3, 0.4) is 0 Å². The molecular weight excluding hydrogens is 352 g/mol. The van der Waals surface area contributed by atoms with Crippen LogP contribution in [0.15, 0.2) is 35.2 Å². The van der Waals surface area contributed by atoms with E-state index in [9.17, 15) is 13.2 Å². The van der Waals surface area contributed by atoms with Gasteiger partial charge in [0.25, 0.3) is 0 Å². The van der Waals surface area contributed by atoms with Gasteiger partial charge in [-0.1, -0.05) is 13.8 Å². The molecule has 0 amide bonds. The topological polar surface area (TPSA) is 69.7 Å². The molecule has 0 spiro atoms. The highest BCUT2D eigenvalue weighted by molar-refractivity contribution is 7.90. The third-order valence-corrected chi connectivity index (χ3v) is 5.68. The van der Waals surface area contributed by atoms with Gasteiger partial charge in [-0.05, 0) is 47.4 Å². The highest BCUT2D eigenvalue weighted by Crippen LogP contribution is 2.42. The van der Waals surface area contributed by atoms with Gasteiger partial charge in [-0.15, -0.1) is 0 Å². The molecule has 0 aliphatic carbocycles. The van der Waals surface area contributed by atoms with Gasteiger partial charge >= 0.3 is 0 Å². The summed E-state index contributed by atoms with van der Waals surface area (Å²) in [7, 11) is -1.76. The van der Waals surface area contributed by atoms with Crippen LogP contribution in [0.25, 0.3) is 0 Å². The van der Waals surface area contributed by atoms with Gasteiger partial charge < -0.3 is 9.47 Å². The molecule has 26 heavy (non-hydrogen) atoms. The molecule has 0 bridgehead atoms. The lowest BCUT2D eigenvalue weighted by Crippen LogP contribution is -2.09. The Bertz CT molecular complexity index is 957. The molecular formula is C20H22O5S. The summed E-state index contributed by atoms with van der Waals surface area (Å²) in [5, 5.41) is 0. The molecule has 0 unspecified atom stereocenters. The quantitative estimate of drug-likeness (QED) is 0.751. The Hall–Kier alpha value is -2.34. The summed E-state index contributed by atoms with van der Waals surface area (Å²) >= 11 is 0. The van der Waals surface area contributed by atoms with E-state index < -0.39 is 9.84 Å². The smallest absolute Gasteiger partial charge is 0.200 e. The second kappa shape index (κ2) is 6.76. The Kier molecular flexibility index (Phi) is 4.80. The van der Waals surface area contributed by atoms with Crippen molar-refractivity contribution in [2.45, 2.75) is 31.1 Å². The first-order chi connectivity index (χ1) is 12.2. The zero-order valence-electron chi connectivity index (χ0n) is 15.3. The molecule has 2 aromatic rings. The minimum atomic E-state index is -3.31. The van der Waals surface area contributed by atoms with E-state index in [1.807, 2.05) is 0 Å². The third-order valence-electron chi connectivity index (χ3n) is 4.55. The summed E-state index contributed by atoms with van der Waals surface area (Å²) in [5.41, 5.74) is 2.78. The van der Waals surface area contributed by atoms with Crippen LogP contribution in [0.5, 0.6) is 11.5 Å². The fourth-order valence-corrected chi connectivity index (χ4v) is 3.82. The van der Waals surface area contributed by atoms with Gasteiger partial charge in [0, 0.05) is 18.2 Å². The number of carbonyl (C=O) groups is 1. The molecule has 1 aliphatic heterocycles. The first-order valence-corrected chi connectivity index (χ1v) is 10.3. The van der Waals surface area contributed by atoms with E-state index in [2.05, 4.69) is 19.9 Å². The number of benzene rings is 2. The monoisotopic (exact) mass is 374 g/mol. The number of rotatable bonds is 5. The number of sulfone groups is 1. The van der Waals surface area contributed by atoms with Crippen molar-refractivity contribution in [2.24, 2.45) is 0 Å². The third kappa shape index (κ3) is 3.21. The number of carbonyl (C=O) groups excluding carboxylic acids is 1. The molecule has 1 aliphatic rings. The van der Waals surface area contributed by atoms with Crippen LogP contribution in [0.2, 0.25) is 0 Å². The number of hydrogen-bond acceptors (Lipinski definition) is 5. The first kappa shape index (κ1) is 18.5. The first-order valence-electron chi connectivity index (χ1n) is 8.45. The summed E-state index contributed by atoms with van der Waals surface area (Å²) in [4.78, 5) is 13.4. The Morgan fingerprint density at radius 2 is 1.85 bits per heavy atom. The van der Waals surface area contributed by atoms with Crippen molar-refractivity contribution >= 4 is 15.6 Å². The predicted octanol–water partition coefficient (Wildman–Crippen LogP) is 3.39. The Morgan fingerprint density at radius 1 is 1.19 bits per heavy atom. The summed E-state index contributed by atoms with van der Waals surface area (Å²) in [6.07, 6.45) is 1.89. The Balaban J connectivity index is 2.15. The maximum atomic E-state index is 13.2. The van der Waals surface area contributed by atoms with E-state index in [-0.39, 0.29) is 16.6 Å². The largest absolute Gasteiger partial charge is 0.496 e. The molecule has 0 N–H and O–H groups in total. The second-order valence-corrected chi connectivity index (χ2v) is 8.76. The van der Waals surface area contributed by atoms with Crippen LogP contribution in [0.1, 0.15) is 46.8 Å². The van der Waals surface area contributed by atoms with Crippen molar-refractivity contribution in [1.82, 2.24) is 0 Å². The van der Waals surface area contributed by atoms with E-state index in [1.54, 1.807) is 7.11 Å². The van der Waals surface area contributed by atoms with E-state index in [0.29, 0.717) is 29.2 Å². The average molecular weight is 374 g/mol. The highest BCUT2D eigenvalue weighted by Gasteiger charge is 2.29. The molecule has 0 saturated heterocycles. The summed E-state index contributed by atoms with van der Waals surface area (Å²) in [6, 6.07) is 8.00. The fraction of sp³-hybridized carbons (Fsp3) is 0.350. The number of methoxy groups -OCH3 is 1. The summed E-state index contributed by atoms with van der Waals surface area (Å²) in [6.45, 7) is 4.64. The molecule has 0 fully saturated rings. The molecule has 0 aromatic heterocycles. The zero-order chi connectivity index (χ0) is 19.1. The van der Waals surface area contributed by atoms with E-state index in [0.717, 1.165) is 23.8 Å². The maximum absolute atomic E-state index is 13.2. The molecule has 3 rings (SSSR count). The van der Waals surface area contributed by atoms with Crippen molar-refractivity contribution in [3.63, 3.8) is 0 Å². The lowest BCUT2D eigenvalue weighted by Gasteiger charge is -2.18. The highest BCUT2D eigenvalue weighted by atomic mass is 32.2. The van der Waals surface area contributed by atoms with Crippen molar-refractivity contribution in [2.75, 3.05) is 20.0 Å². The van der Waals surface area contributed by atoms with Gasteiger partial charge in [0.05, 0.1) is 18.6 Å². The number of ketones is 1. The second-order valence-electron chi connectivity index (χ2n) is 6.74. The van der Waals surface area contributed by atoms with Crippen molar-refractivity contribution in [1.29, 1.82) is 0 Å². The van der Waals surface area contributed by atoms with Gasteiger partial charge in [0.15, 0.2) is 9.84 Å². The lowest BCUT2D eigenvalue weighted by molar-refractivity contribution is 0.103. The molecule has 138 valence electrons. The molecule has 0 radical (unpaired) electrons. The molecule has 1 heterocycles. The minimum Gasteiger partial charge on any atom is -0.496 e. The standard InChI is InChI=1S/C20H22O5S/c1-12(2)16-11-14-9-10-25-19(14)17(20(16)24-3)18(21)13-5-7-15(8-6-13)26(4,22)23/h5-8,11-12H,9-10H2,1-4H3. The lowest BCUT2D eigenvalue weighted by atomic mass is 9.91. The van der Waals surface area contributed by atoms with E-state index in [1.165, 1.54) is 24.3 Å². The van der Waals surface area contributed by atoms with Gasteiger partial charge in [-0.25, -0.2) is 8.42 Å². The van der Waals surface area contributed by atoms with Gasteiger partial charge in [-0.2, -0.15) is 0 Å². The van der Waals surface area contributed by atoms with Gasteiger partial charge in [0.1, 0.15) is 17.1 Å². The SMILES string of the molecule is COc1c(C(C)C)cc2c(c1C(=O)c1ccc(S(C)(=O)=O)cc1)OCC2. The van der Waals surface area contributed by atoms with Crippen molar-refractivity contribution < 1.29 is 22.7 Å². The maximum Gasteiger partial charge on any atom is 0.200 e.